The van der Waals surface area contributed by atoms with Crippen molar-refractivity contribution in [2.24, 2.45) is 5.41 Å². The lowest BCUT2D eigenvalue weighted by molar-refractivity contribution is -0.162. The van der Waals surface area contributed by atoms with E-state index in [1.165, 1.54) is 6.08 Å². The molecule has 1 aliphatic rings. The van der Waals surface area contributed by atoms with E-state index in [9.17, 15) is 9.59 Å². The van der Waals surface area contributed by atoms with Crippen LogP contribution in [0.1, 0.15) is 38.2 Å². The molecule has 2 atom stereocenters. The summed E-state index contributed by atoms with van der Waals surface area (Å²) in [6.07, 6.45) is 2.42. The van der Waals surface area contributed by atoms with Crippen LogP contribution in [0.2, 0.25) is 0 Å². The van der Waals surface area contributed by atoms with Gasteiger partial charge < -0.3 is 14.4 Å². The highest BCUT2D eigenvalue weighted by atomic mass is 16.5. The van der Waals surface area contributed by atoms with E-state index in [1.54, 1.807) is 6.92 Å². The lowest BCUT2D eigenvalue weighted by Crippen LogP contribution is -2.49. The number of nitrogens with zero attached hydrogens (tertiary/aromatic N) is 1. The second-order valence-electron chi connectivity index (χ2n) is 6.82. The van der Waals surface area contributed by atoms with E-state index >= 15 is 0 Å². The molecule has 0 N–H and O–H groups in total. The maximum Gasteiger partial charge on any atom is 0.320 e. The van der Waals surface area contributed by atoms with Gasteiger partial charge in [-0.25, -0.2) is 0 Å². The van der Waals surface area contributed by atoms with Crippen molar-refractivity contribution in [3.63, 3.8) is 0 Å². The van der Waals surface area contributed by atoms with Crippen LogP contribution in [-0.2, 0) is 19.1 Å². The molecule has 0 amide bonds. The molecule has 0 saturated heterocycles. The van der Waals surface area contributed by atoms with Crippen LogP contribution in [0.4, 0.5) is 0 Å². The first-order chi connectivity index (χ1) is 12.5. The minimum atomic E-state index is -1.22. The number of ketones is 1. The van der Waals surface area contributed by atoms with Crippen molar-refractivity contribution in [1.29, 1.82) is 0 Å². The summed E-state index contributed by atoms with van der Waals surface area (Å²) in [5, 5.41) is 0. The van der Waals surface area contributed by atoms with Gasteiger partial charge in [0.05, 0.1) is 13.2 Å². The Hall–Kier alpha value is -2.14. The standard InChI is InChI=1S/C21H29NO4/c1-5-25-17-14-18(16-10-8-7-9-11-16)21(19(23)15-17,12-13-22(3)4)20(24)26-6-2/h7-11,15,18H,5-6,12-14H2,1-4H3. The van der Waals surface area contributed by atoms with Gasteiger partial charge in [-0.15, -0.1) is 0 Å². The number of hydrogen-bond acceptors (Lipinski definition) is 5. The molecule has 1 aromatic rings. The topological polar surface area (TPSA) is 55.8 Å². The van der Waals surface area contributed by atoms with E-state index in [4.69, 9.17) is 9.47 Å². The Morgan fingerprint density at radius 2 is 1.88 bits per heavy atom. The van der Waals surface area contributed by atoms with E-state index in [-0.39, 0.29) is 18.3 Å². The summed E-state index contributed by atoms with van der Waals surface area (Å²) in [6.45, 7) is 5.02. The van der Waals surface area contributed by atoms with Gasteiger partial charge in [0.15, 0.2) is 5.78 Å². The second-order valence-corrected chi connectivity index (χ2v) is 6.82. The number of carbonyl (C=O) groups excluding carboxylic acids is 2. The van der Waals surface area contributed by atoms with Crippen LogP contribution in [0.3, 0.4) is 0 Å². The first kappa shape index (κ1) is 20.2. The zero-order valence-corrected chi connectivity index (χ0v) is 16.2. The van der Waals surface area contributed by atoms with Gasteiger partial charge in [-0.3, -0.25) is 9.59 Å². The summed E-state index contributed by atoms with van der Waals surface area (Å²) in [5.41, 5.74) is -0.264. The number of benzene rings is 1. The highest BCUT2D eigenvalue weighted by molar-refractivity contribution is 6.11. The molecular weight excluding hydrogens is 330 g/mol. The predicted octanol–water partition coefficient (Wildman–Crippen LogP) is 3.16. The SMILES string of the molecule is CCOC(=O)C1(CCN(C)C)C(=O)C=C(OCC)CC1c1ccccc1. The Labute approximate surface area is 156 Å². The molecule has 0 fully saturated rings. The van der Waals surface area contributed by atoms with Crippen molar-refractivity contribution in [3.05, 3.63) is 47.7 Å². The van der Waals surface area contributed by atoms with Crippen molar-refractivity contribution < 1.29 is 19.1 Å². The summed E-state index contributed by atoms with van der Waals surface area (Å²) in [4.78, 5) is 28.3. The van der Waals surface area contributed by atoms with Crippen LogP contribution >= 0.6 is 0 Å². The molecule has 0 aromatic heterocycles. The molecule has 5 nitrogen and oxygen atoms in total. The molecule has 0 aliphatic heterocycles. The molecule has 142 valence electrons. The third-order valence-corrected chi connectivity index (χ3v) is 4.86. The molecule has 0 radical (unpaired) electrons. The average Bonchev–Trinajstić information content (AvgIpc) is 2.61. The monoisotopic (exact) mass is 359 g/mol. The van der Waals surface area contributed by atoms with Crippen LogP contribution < -0.4 is 0 Å². The Bertz CT molecular complexity index is 653. The minimum absolute atomic E-state index is 0.221. The van der Waals surface area contributed by atoms with E-state index in [2.05, 4.69) is 0 Å². The van der Waals surface area contributed by atoms with E-state index in [0.717, 1.165) is 5.56 Å². The van der Waals surface area contributed by atoms with Gasteiger partial charge in [0.2, 0.25) is 0 Å². The number of allylic oxidation sites excluding steroid dienone is 2. The maximum atomic E-state index is 13.2. The zero-order valence-electron chi connectivity index (χ0n) is 16.2. The summed E-state index contributed by atoms with van der Waals surface area (Å²) >= 11 is 0. The van der Waals surface area contributed by atoms with E-state index in [0.29, 0.717) is 31.8 Å². The van der Waals surface area contributed by atoms with Crippen molar-refractivity contribution in [2.45, 2.75) is 32.6 Å². The molecule has 5 heteroatoms. The Kier molecular flexibility index (Phi) is 6.98. The average molecular weight is 359 g/mol. The Morgan fingerprint density at radius 1 is 1.19 bits per heavy atom. The van der Waals surface area contributed by atoms with E-state index < -0.39 is 11.4 Å². The zero-order chi connectivity index (χ0) is 19.2. The van der Waals surface area contributed by atoms with Crippen LogP contribution in [-0.4, -0.2) is 50.5 Å². The summed E-state index contributed by atoms with van der Waals surface area (Å²) in [5.74, 6) is -0.327. The Morgan fingerprint density at radius 3 is 2.46 bits per heavy atom. The molecule has 0 spiro atoms. The molecule has 2 rings (SSSR count). The number of carbonyl (C=O) groups is 2. The normalized spacial score (nSPS) is 22.9. The first-order valence-corrected chi connectivity index (χ1v) is 9.20. The van der Waals surface area contributed by atoms with Crippen molar-refractivity contribution in [3.8, 4) is 0 Å². The Balaban J connectivity index is 2.56. The highest BCUT2D eigenvalue weighted by Crippen LogP contribution is 2.48. The third kappa shape index (κ3) is 4.15. The number of esters is 1. The number of ether oxygens (including phenoxy) is 2. The highest BCUT2D eigenvalue weighted by Gasteiger charge is 2.54. The van der Waals surface area contributed by atoms with Gasteiger partial charge >= 0.3 is 5.97 Å². The molecule has 0 saturated carbocycles. The van der Waals surface area contributed by atoms with Gasteiger partial charge in [-0.2, -0.15) is 0 Å². The fourth-order valence-electron chi connectivity index (χ4n) is 3.56. The fourth-order valence-corrected chi connectivity index (χ4v) is 3.56. The van der Waals surface area contributed by atoms with Gasteiger partial charge in [0.25, 0.3) is 0 Å². The number of rotatable bonds is 8. The fraction of sp³-hybridized carbons (Fsp3) is 0.524. The summed E-state index contributed by atoms with van der Waals surface area (Å²) in [7, 11) is 3.87. The number of hydrogen-bond donors (Lipinski definition) is 0. The third-order valence-electron chi connectivity index (χ3n) is 4.86. The van der Waals surface area contributed by atoms with E-state index in [1.807, 2.05) is 56.3 Å². The van der Waals surface area contributed by atoms with Crippen LogP contribution in [0.5, 0.6) is 0 Å². The van der Waals surface area contributed by atoms with Crippen LogP contribution in [0.25, 0.3) is 0 Å². The first-order valence-electron chi connectivity index (χ1n) is 9.20. The van der Waals surface area contributed by atoms with Crippen molar-refractivity contribution >= 4 is 11.8 Å². The maximum absolute atomic E-state index is 13.2. The van der Waals surface area contributed by atoms with Crippen molar-refractivity contribution in [2.75, 3.05) is 33.9 Å². The lowest BCUT2D eigenvalue weighted by atomic mass is 9.63. The molecule has 1 aliphatic carbocycles. The molecule has 1 aromatic carbocycles. The molecule has 0 heterocycles. The summed E-state index contributed by atoms with van der Waals surface area (Å²) in [6, 6.07) is 9.73. The predicted molar refractivity (Wildman–Crippen MR) is 101 cm³/mol. The van der Waals surface area contributed by atoms with Gasteiger partial charge in [0.1, 0.15) is 11.2 Å². The molecule has 26 heavy (non-hydrogen) atoms. The van der Waals surface area contributed by atoms with Gasteiger partial charge in [0, 0.05) is 18.4 Å². The smallest absolute Gasteiger partial charge is 0.320 e. The van der Waals surface area contributed by atoms with Crippen LogP contribution in [0.15, 0.2) is 42.2 Å². The molecule has 0 bridgehead atoms. The van der Waals surface area contributed by atoms with Gasteiger partial charge in [-0.05, 0) is 46.5 Å². The minimum Gasteiger partial charge on any atom is -0.498 e. The van der Waals surface area contributed by atoms with Gasteiger partial charge in [-0.1, -0.05) is 30.3 Å². The molecule has 2 unspecified atom stereocenters. The second kappa shape index (κ2) is 8.99. The van der Waals surface area contributed by atoms with Crippen molar-refractivity contribution in [1.82, 2.24) is 4.90 Å². The van der Waals surface area contributed by atoms with Crippen LogP contribution in [0, 0.1) is 5.41 Å². The quantitative estimate of drug-likeness (QED) is 0.527. The molecular formula is C21H29NO4. The largest absolute Gasteiger partial charge is 0.498 e. The summed E-state index contributed by atoms with van der Waals surface area (Å²) < 4.78 is 11.0. The lowest BCUT2D eigenvalue weighted by Gasteiger charge is -2.40.